The molecule has 0 bridgehead atoms. The lowest BCUT2D eigenvalue weighted by Gasteiger charge is -2.03. The summed E-state index contributed by atoms with van der Waals surface area (Å²) in [4.78, 5) is 7.56. The van der Waals surface area contributed by atoms with Crippen LogP contribution in [0.5, 0.6) is 0 Å². The van der Waals surface area contributed by atoms with Crippen molar-refractivity contribution in [1.82, 2.24) is 9.97 Å². The Balaban J connectivity index is 2.31. The molecule has 0 saturated heterocycles. The van der Waals surface area contributed by atoms with Crippen LogP contribution < -0.4 is 0 Å². The Bertz CT molecular complexity index is 705. The smallest absolute Gasteiger partial charge is 0.138 e. The predicted molar refractivity (Wildman–Crippen MR) is 66.2 cm³/mol. The van der Waals surface area contributed by atoms with E-state index in [2.05, 4.69) is 16.0 Å². The molecule has 3 rings (SSSR count). The molecule has 3 aromatic rings. The van der Waals surface area contributed by atoms with Crippen molar-refractivity contribution in [2.45, 2.75) is 0 Å². The summed E-state index contributed by atoms with van der Waals surface area (Å²) < 4.78 is 0. The minimum absolute atomic E-state index is 0.600. The van der Waals surface area contributed by atoms with Gasteiger partial charge in [0.15, 0.2) is 0 Å². The van der Waals surface area contributed by atoms with E-state index in [1.54, 1.807) is 0 Å². The molecule has 3 nitrogen and oxygen atoms in total. The predicted octanol–water partition coefficient (Wildman–Crippen LogP) is 3.10. The van der Waals surface area contributed by atoms with Gasteiger partial charge in [-0.25, -0.2) is 4.98 Å². The first-order chi connectivity index (χ1) is 8.38. The maximum atomic E-state index is 9.18. The van der Waals surface area contributed by atoms with E-state index in [1.165, 1.54) is 0 Å². The molecule has 17 heavy (non-hydrogen) atoms. The van der Waals surface area contributed by atoms with Crippen LogP contribution in [0.2, 0.25) is 0 Å². The van der Waals surface area contributed by atoms with Crippen molar-refractivity contribution < 1.29 is 0 Å². The minimum atomic E-state index is 0.600. The summed E-state index contributed by atoms with van der Waals surface area (Å²) in [6.07, 6.45) is 1.83. The number of fused-ring (bicyclic) bond motifs is 1. The summed E-state index contributed by atoms with van der Waals surface area (Å²) >= 11 is 0. The highest BCUT2D eigenvalue weighted by atomic mass is 14.9. The van der Waals surface area contributed by atoms with Gasteiger partial charge in [-0.3, -0.25) is 0 Å². The third-order valence-electron chi connectivity index (χ3n) is 2.70. The third-order valence-corrected chi connectivity index (χ3v) is 2.70. The third kappa shape index (κ3) is 1.56. The van der Waals surface area contributed by atoms with Crippen molar-refractivity contribution in [2.24, 2.45) is 0 Å². The molecule has 1 N–H and O–H groups in total. The average Bonchev–Trinajstić information content (AvgIpc) is 2.85. The quantitative estimate of drug-likeness (QED) is 0.683. The molecule has 2 heterocycles. The highest BCUT2D eigenvalue weighted by molar-refractivity contribution is 5.82. The summed E-state index contributed by atoms with van der Waals surface area (Å²) in [5.41, 5.74) is 3.09. The second kappa shape index (κ2) is 3.76. The molecule has 0 fully saturated rings. The van der Waals surface area contributed by atoms with E-state index in [4.69, 9.17) is 0 Å². The Morgan fingerprint density at radius 1 is 1.12 bits per heavy atom. The molecular formula is C14H9N3. The van der Waals surface area contributed by atoms with Crippen LogP contribution >= 0.6 is 0 Å². The summed E-state index contributed by atoms with van der Waals surface area (Å²) in [6, 6.07) is 15.7. The van der Waals surface area contributed by atoms with E-state index in [0.717, 1.165) is 22.3 Å². The Kier molecular flexibility index (Phi) is 2.13. The van der Waals surface area contributed by atoms with Crippen molar-refractivity contribution in [1.29, 1.82) is 5.26 Å². The zero-order valence-electron chi connectivity index (χ0n) is 9.01. The number of pyridine rings is 1. The van der Waals surface area contributed by atoms with Crippen molar-refractivity contribution in [3.8, 4) is 17.3 Å². The molecule has 0 spiro atoms. The van der Waals surface area contributed by atoms with Gasteiger partial charge in [0.2, 0.25) is 0 Å². The highest BCUT2D eigenvalue weighted by Crippen LogP contribution is 2.24. The summed E-state index contributed by atoms with van der Waals surface area (Å²) in [6.45, 7) is 0. The zero-order chi connectivity index (χ0) is 11.7. The Labute approximate surface area is 98.4 Å². The summed E-state index contributed by atoms with van der Waals surface area (Å²) in [7, 11) is 0. The van der Waals surface area contributed by atoms with Gasteiger partial charge >= 0.3 is 0 Å². The first kappa shape index (κ1) is 9.61. The molecule has 3 heteroatoms. The molecule has 0 aliphatic rings. The first-order valence-corrected chi connectivity index (χ1v) is 5.32. The fourth-order valence-electron chi connectivity index (χ4n) is 1.88. The number of aromatic amines is 1. The fourth-order valence-corrected chi connectivity index (χ4v) is 1.88. The topological polar surface area (TPSA) is 52.5 Å². The average molecular weight is 219 g/mol. The van der Waals surface area contributed by atoms with Gasteiger partial charge in [-0.15, -0.1) is 0 Å². The molecule has 0 unspecified atom stereocenters. The van der Waals surface area contributed by atoms with Crippen molar-refractivity contribution in [3.63, 3.8) is 0 Å². The van der Waals surface area contributed by atoms with Crippen molar-refractivity contribution in [3.05, 3.63) is 54.2 Å². The number of nitrogens with zero attached hydrogens (tertiary/aromatic N) is 2. The van der Waals surface area contributed by atoms with Crippen LogP contribution in [-0.2, 0) is 0 Å². The number of nitrogens with one attached hydrogen (secondary N) is 1. The first-order valence-electron chi connectivity index (χ1n) is 5.32. The Morgan fingerprint density at radius 3 is 2.71 bits per heavy atom. The lowest BCUT2D eigenvalue weighted by molar-refractivity contribution is 1.31. The van der Waals surface area contributed by atoms with Crippen molar-refractivity contribution >= 4 is 11.0 Å². The van der Waals surface area contributed by atoms with Crippen LogP contribution in [0.15, 0.2) is 48.7 Å². The monoisotopic (exact) mass is 219 g/mol. The normalized spacial score (nSPS) is 10.3. The highest BCUT2D eigenvalue weighted by Gasteiger charge is 2.08. The van der Waals surface area contributed by atoms with Crippen LogP contribution in [0.3, 0.4) is 0 Å². The summed E-state index contributed by atoms with van der Waals surface area (Å²) in [5.74, 6) is 0. The number of nitriles is 1. The van der Waals surface area contributed by atoms with E-state index in [1.807, 2.05) is 48.7 Å². The molecule has 80 valence electrons. The molecule has 0 amide bonds. The van der Waals surface area contributed by atoms with Crippen LogP contribution in [0.4, 0.5) is 0 Å². The van der Waals surface area contributed by atoms with Crippen LogP contribution in [0.1, 0.15) is 5.56 Å². The minimum Gasteiger partial charge on any atom is -0.346 e. The van der Waals surface area contributed by atoms with E-state index in [9.17, 15) is 5.26 Å². The van der Waals surface area contributed by atoms with E-state index < -0.39 is 0 Å². The molecule has 0 saturated carbocycles. The lowest BCUT2D eigenvalue weighted by atomic mass is 10.1. The van der Waals surface area contributed by atoms with Crippen LogP contribution in [0, 0.1) is 11.3 Å². The SMILES string of the molecule is N#Cc1cc2cc[nH]c2nc1-c1ccccc1. The van der Waals surface area contributed by atoms with E-state index in [0.29, 0.717) is 5.56 Å². The molecule has 2 aromatic heterocycles. The van der Waals surface area contributed by atoms with Gasteiger partial charge in [0, 0.05) is 17.1 Å². The maximum Gasteiger partial charge on any atom is 0.138 e. The van der Waals surface area contributed by atoms with Gasteiger partial charge < -0.3 is 4.98 Å². The number of H-pyrrole nitrogens is 1. The Morgan fingerprint density at radius 2 is 1.94 bits per heavy atom. The molecule has 1 aromatic carbocycles. The van der Waals surface area contributed by atoms with Crippen LogP contribution in [0.25, 0.3) is 22.3 Å². The van der Waals surface area contributed by atoms with Gasteiger partial charge in [0.05, 0.1) is 11.3 Å². The molecule has 0 radical (unpaired) electrons. The lowest BCUT2D eigenvalue weighted by Crippen LogP contribution is -1.89. The van der Waals surface area contributed by atoms with Gasteiger partial charge in [0.25, 0.3) is 0 Å². The number of benzene rings is 1. The molecular weight excluding hydrogens is 210 g/mol. The summed E-state index contributed by atoms with van der Waals surface area (Å²) in [5, 5.41) is 10.1. The standard InChI is InChI=1S/C14H9N3/c15-9-12-8-11-6-7-16-14(11)17-13(12)10-4-2-1-3-5-10/h1-8H,(H,16,17). The fraction of sp³-hybridized carbons (Fsp3) is 0. The van der Waals surface area contributed by atoms with Gasteiger partial charge in [-0.1, -0.05) is 30.3 Å². The van der Waals surface area contributed by atoms with Gasteiger partial charge in [0.1, 0.15) is 11.7 Å². The zero-order valence-corrected chi connectivity index (χ0v) is 9.01. The van der Waals surface area contributed by atoms with Crippen molar-refractivity contribution in [2.75, 3.05) is 0 Å². The number of hydrogen-bond acceptors (Lipinski definition) is 2. The van der Waals surface area contributed by atoms with Crippen LogP contribution in [-0.4, -0.2) is 9.97 Å². The molecule has 0 aliphatic heterocycles. The largest absolute Gasteiger partial charge is 0.346 e. The second-order valence-corrected chi connectivity index (χ2v) is 3.78. The van der Waals surface area contributed by atoms with E-state index in [-0.39, 0.29) is 0 Å². The number of aromatic nitrogens is 2. The number of hydrogen-bond donors (Lipinski definition) is 1. The van der Waals surface area contributed by atoms with E-state index >= 15 is 0 Å². The second-order valence-electron chi connectivity index (χ2n) is 3.78. The maximum absolute atomic E-state index is 9.18. The number of rotatable bonds is 1. The molecule has 0 aliphatic carbocycles. The van der Waals surface area contributed by atoms with Gasteiger partial charge in [-0.05, 0) is 12.1 Å². The van der Waals surface area contributed by atoms with Gasteiger partial charge in [-0.2, -0.15) is 5.26 Å². The Hall–Kier alpha value is -2.60. The molecule has 0 atom stereocenters.